The Hall–Kier alpha value is -1.64. The summed E-state index contributed by atoms with van der Waals surface area (Å²) >= 11 is 0. The molecule has 0 radical (unpaired) electrons. The van der Waals surface area contributed by atoms with Crippen molar-refractivity contribution in [3.05, 3.63) is 71.8 Å². The van der Waals surface area contributed by atoms with Gasteiger partial charge in [0.2, 0.25) is 0 Å². The van der Waals surface area contributed by atoms with Crippen LogP contribution in [0.5, 0.6) is 0 Å². The maximum absolute atomic E-state index is 6.28. The standard InChI is InChI=1S/C19H23NO/c1-4-10-17(11-5-1)19(18-12-6-2-7-13-18)21-16-20-14-8-3-9-15-20/h1-2,4-7,10-13,19H,3,8-9,14-16H2. The quantitative estimate of drug-likeness (QED) is 0.813. The van der Waals surface area contributed by atoms with Crippen molar-refractivity contribution >= 4 is 0 Å². The summed E-state index contributed by atoms with van der Waals surface area (Å²) in [6.45, 7) is 3.04. The molecule has 2 nitrogen and oxygen atoms in total. The first-order valence-electron chi connectivity index (χ1n) is 7.87. The Labute approximate surface area is 127 Å². The van der Waals surface area contributed by atoms with Gasteiger partial charge in [0.05, 0.1) is 0 Å². The number of piperidine rings is 1. The highest BCUT2D eigenvalue weighted by molar-refractivity contribution is 5.29. The largest absolute Gasteiger partial charge is 0.353 e. The Kier molecular flexibility index (Phi) is 5.03. The van der Waals surface area contributed by atoms with Crippen molar-refractivity contribution in [1.82, 2.24) is 4.90 Å². The molecule has 1 saturated heterocycles. The summed E-state index contributed by atoms with van der Waals surface area (Å²) in [5, 5.41) is 0. The molecule has 0 aromatic heterocycles. The van der Waals surface area contributed by atoms with Gasteiger partial charge in [0.25, 0.3) is 0 Å². The normalized spacial score (nSPS) is 16.2. The molecule has 1 aliphatic heterocycles. The number of hydrogen-bond donors (Lipinski definition) is 0. The molecule has 2 heteroatoms. The SMILES string of the molecule is c1ccc(C(OCN2CCCCC2)c2ccccc2)cc1. The van der Waals surface area contributed by atoms with E-state index < -0.39 is 0 Å². The lowest BCUT2D eigenvalue weighted by atomic mass is 10.0. The number of nitrogens with zero attached hydrogens (tertiary/aromatic N) is 1. The number of likely N-dealkylation sites (tertiary alicyclic amines) is 1. The minimum Gasteiger partial charge on any atom is -0.353 e. The van der Waals surface area contributed by atoms with Gasteiger partial charge >= 0.3 is 0 Å². The van der Waals surface area contributed by atoms with Crippen LogP contribution in [0.4, 0.5) is 0 Å². The van der Waals surface area contributed by atoms with Crippen molar-refractivity contribution in [1.29, 1.82) is 0 Å². The summed E-state index contributed by atoms with van der Waals surface area (Å²) < 4.78 is 6.28. The summed E-state index contributed by atoms with van der Waals surface area (Å²) in [4.78, 5) is 2.42. The van der Waals surface area contributed by atoms with Crippen molar-refractivity contribution in [2.45, 2.75) is 25.4 Å². The van der Waals surface area contributed by atoms with Gasteiger partial charge in [-0.15, -0.1) is 0 Å². The van der Waals surface area contributed by atoms with Crippen LogP contribution in [-0.4, -0.2) is 24.7 Å². The van der Waals surface area contributed by atoms with Gasteiger partial charge in [0.1, 0.15) is 12.8 Å². The monoisotopic (exact) mass is 281 g/mol. The van der Waals surface area contributed by atoms with Gasteiger partial charge in [-0.1, -0.05) is 67.1 Å². The summed E-state index contributed by atoms with van der Waals surface area (Å²) in [6.07, 6.45) is 3.97. The molecule has 2 aromatic rings. The van der Waals surface area contributed by atoms with Crippen LogP contribution in [0, 0.1) is 0 Å². The minimum atomic E-state index is 0.0225. The Bertz CT molecular complexity index is 480. The fourth-order valence-corrected chi connectivity index (χ4v) is 2.91. The van der Waals surface area contributed by atoms with Crippen LogP contribution in [0.3, 0.4) is 0 Å². The van der Waals surface area contributed by atoms with E-state index in [-0.39, 0.29) is 6.10 Å². The predicted molar refractivity (Wildman–Crippen MR) is 86.1 cm³/mol. The molecule has 0 amide bonds. The van der Waals surface area contributed by atoms with E-state index in [9.17, 15) is 0 Å². The van der Waals surface area contributed by atoms with Crippen molar-refractivity contribution in [2.24, 2.45) is 0 Å². The number of rotatable bonds is 5. The van der Waals surface area contributed by atoms with Crippen LogP contribution in [0.1, 0.15) is 36.5 Å². The molecule has 3 rings (SSSR count). The summed E-state index contributed by atoms with van der Waals surface area (Å²) in [7, 11) is 0. The van der Waals surface area contributed by atoms with E-state index in [0.29, 0.717) is 6.73 Å². The smallest absolute Gasteiger partial charge is 0.109 e. The first-order valence-corrected chi connectivity index (χ1v) is 7.87. The third kappa shape index (κ3) is 3.93. The maximum atomic E-state index is 6.28. The Balaban J connectivity index is 1.73. The van der Waals surface area contributed by atoms with Crippen LogP contribution >= 0.6 is 0 Å². The molecular formula is C19H23NO. The van der Waals surface area contributed by atoms with Crippen LogP contribution in [0.2, 0.25) is 0 Å². The van der Waals surface area contributed by atoms with Crippen molar-refractivity contribution in [3.63, 3.8) is 0 Å². The van der Waals surface area contributed by atoms with E-state index in [4.69, 9.17) is 4.74 Å². The lowest BCUT2D eigenvalue weighted by Gasteiger charge is -2.28. The predicted octanol–water partition coefficient (Wildman–Crippen LogP) is 4.24. The third-order valence-electron chi connectivity index (χ3n) is 4.08. The molecule has 2 aromatic carbocycles. The first kappa shape index (κ1) is 14.3. The first-order chi connectivity index (χ1) is 10.4. The van der Waals surface area contributed by atoms with Gasteiger partial charge in [-0.25, -0.2) is 0 Å². The second-order valence-electron chi connectivity index (χ2n) is 5.68. The van der Waals surface area contributed by atoms with Crippen LogP contribution in [0.25, 0.3) is 0 Å². The van der Waals surface area contributed by atoms with E-state index >= 15 is 0 Å². The zero-order chi connectivity index (χ0) is 14.3. The Morgan fingerprint density at radius 1 is 0.762 bits per heavy atom. The lowest BCUT2D eigenvalue weighted by Crippen LogP contribution is -2.32. The second-order valence-corrected chi connectivity index (χ2v) is 5.68. The Morgan fingerprint density at radius 3 is 1.81 bits per heavy atom. The minimum absolute atomic E-state index is 0.0225. The van der Waals surface area contributed by atoms with Crippen molar-refractivity contribution < 1.29 is 4.74 Å². The van der Waals surface area contributed by atoms with Crippen molar-refractivity contribution in [2.75, 3.05) is 19.8 Å². The fraction of sp³-hybridized carbons (Fsp3) is 0.368. The molecular weight excluding hydrogens is 258 g/mol. The Morgan fingerprint density at radius 2 is 1.29 bits per heavy atom. The molecule has 0 bridgehead atoms. The molecule has 0 spiro atoms. The molecule has 0 unspecified atom stereocenters. The highest BCUT2D eigenvalue weighted by atomic mass is 16.5. The molecule has 0 N–H and O–H groups in total. The molecule has 1 aliphatic rings. The van der Waals surface area contributed by atoms with Gasteiger partial charge in [0, 0.05) is 13.1 Å². The highest BCUT2D eigenvalue weighted by Gasteiger charge is 2.17. The van der Waals surface area contributed by atoms with E-state index in [1.807, 2.05) is 0 Å². The summed E-state index contributed by atoms with van der Waals surface area (Å²) in [5.41, 5.74) is 2.45. The van der Waals surface area contributed by atoms with E-state index in [1.165, 1.54) is 30.4 Å². The topological polar surface area (TPSA) is 12.5 Å². The van der Waals surface area contributed by atoms with Crippen LogP contribution < -0.4 is 0 Å². The zero-order valence-electron chi connectivity index (χ0n) is 12.4. The van der Waals surface area contributed by atoms with Gasteiger partial charge < -0.3 is 4.74 Å². The average molecular weight is 281 g/mol. The van der Waals surface area contributed by atoms with Gasteiger partial charge in [0.15, 0.2) is 0 Å². The number of benzene rings is 2. The van der Waals surface area contributed by atoms with E-state index in [0.717, 1.165) is 13.1 Å². The zero-order valence-corrected chi connectivity index (χ0v) is 12.4. The third-order valence-corrected chi connectivity index (χ3v) is 4.08. The molecule has 0 aliphatic carbocycles. The number of ether oxygens (including phenoxy) is 1. The maximum Gasteiger partial charge on any atom is 0.109 e. The average Bonchev–Trinajstić information content (AvgIpc) is 2.58. The van der Waals surface area contributed by atoms with Crippen molar-refractivity contribution in [3.8, 4) is 0 Å². The van der Waals surface area contributed by atoms with Gasteiger partial charge in [-0.2, -0.15) is 0 Å². The van der Waals surface area contributed by atoms with Gasteiger partial charge in [-0.05, 0) is 24.0 Å². The molecule has 1 fully saturated rings. The molecule has 1 heterocycles. The number of hydrogen-bond acceptors (Lipinski definition) is 2. The molecule has 0 saturated carbocycles. The van der Waals surface area contributed by atoms with E-state index in [2.05, 4.69) is 65.6 Å². The fourth-order valence-electron chi connectivity index (χ4n) is 2.91. The molecule has 0 atom stereocenters. The van der Waals surface area contributed by atoms with E-state index in [1.54, 1.807) is 0 Å². The van der Waals surface area contributed by atoms with Crippen LogP contribution in [-0.2, 0) is 4.74 Å². The lowest BCUT2D eigenvalue weighted by molar-refractivity contribution is -0.0137. The highest BCUT2D eigenvalue weighted by Crippen LogP contribution is 2.26. The van der Waals surface area contributed by atoms with Crippen LogP contribution in [0.15, 0.2) is 60.7 Å². The summed E-state index contributed by atoms with van der Waals surface area (Å²) in [6, 6.07) is 21.0. The molecule has 21 heavy (non-hydrogen) atoms. The molecule has 110 valence electrons. The van der Waals surface area contributed by atoms with Gasteiger partial charge in [-0.3, -0.25) is 4.90 Å². The second kappa shape index (κ2) is 7.39. The summed E-state index contributed by atoms with van der Waals surface area (Å²) in [5.74, 6) is 0.